The van der Waals surface area contributed by atoms with Gasteiger partial charge in [-0.05, 0) is 44.4 Å². The third-order valence-electron chi connectivity index (χ3n) is 4.49. The van der Waals surface area contributed by atoms with E-state index in [1.165, 1.54) is 12.7 Å². The van der Waals surface area contributed by atoms with Crippen molar-refractivity contribution in [1.82, 2.24) is 5.32 Å². The van der Waals surface area contributed by atoms with Crippen LogP contribution >= 0.6 is 0 Å². The van der Waals surface area contributed by atoms with Crippen LogP contribution in [-0.2, 0) is 21.2 Å². The highest BCUT2D eigenvalue weighted by molar-refractivity contribution is 7.92. The van der Waals surface area contributed by atoms with Crippen LogP contribution in [0.4, 0.5) is 5.69 Å². The van der Waals surface area contributed by atoms with Crippen molar-refractivity contribution in [2.45, 2.75) is 38.8 Å². The molecule has 0 spiro atoms. The second kappa shape index (κ2) is 9.59. The third kappa shape index (κ3) is 5.99. The average molecular weight is 405 g/mol. The fourth-order valence-corrected chi connectivity index (χ4v) is 4.19. The van der Waals surface area contributed by atoms with Gasteiger partial charge in [0.15, 0.2) is 0 Å². The largest absolute Gasteiger partial charge is 0.497 e. The molecular formula is C21H28N2O4S. The lowest BCUT2D eigenvalue weighted by Crippen LogP contribution is -2.50. The summed E-state index contributed by atoms with van der Waals surface area (Å²) in [7, 11) is -2.15. The van der Waals surface area contributed by atoms with Gasteiger partial charge in [-0.15, -0.1) is 0 Å². The first-order chi connectivity index (χ1) is 13.2. The van der Waals surface area contributed by atoms with Crippen LogP contribution in [0.15, 0.2) is 54.6 Å². The molecule has 1 N–H and O–H groups in total. The maximum absolute atomic E-state index is 12.7. The van der Waals surface area contributed by atoms with E-state index in [-0.39, 0.29) is 11.9 Å². The number of rotatable bonds is 9. The lowest BCUT2D eigenvalue weighted by atomic mass is 10.1. The molecule has 1 amide bonds. The number of methoxy groups -OCH3 is 1. The van der Waals surface area contributed by atoms with Crippen molar-refractivity contribution in [2.24, 2.45) is 0 Å². The quantitative estimate of drug-likeness (QED) is 0.697. The average Bonchev–Trinajstić information content (AvgIpc) is 2.66. The Kier molecular flexibility index (Phi) is 7.45. The Labute approximate surface area is 167 Å². The van der Waals surface area contributed by atoms with E-state index >= 15 is 0 Å². The number of carbonyl (C=O) groups is 1. The fourth-order valence-electron chi connectivity index (χ4n) is 3.02. The van der Waals surface area contributed by atoms with Crippen molar-refractivity contribution in [1.29, 1.82) is 0 Å². The van der Waals surface area contributed by atoms with Gasteiger partial charge in [-0.2, -0.15) is 0 Å². The number of aryl methyl sites for hydroxylation is 1. The summed E-state index contributed by atoms with van der Waals surface area (Å²) >= 11 is 0. The molecule has 2 atom stereocenters. The molecule has 152 valence electrons. The number of hydrogen-bond donors (Lipinski definition) is 1. The first-order valence-corrected chi connectivity index (χ1v) is 11.0. The standard InChI is InChI=1S/C21H28N2O4S/c1-16(13-14-18-9-6-5-7-10-18)22-21(24)17(2)23(28(4,25)26)19-11-8-12-20(15-19)27-3/h5-12,15-17H,13-14H2,1-4H3,(H,22,24). The number of nitrogens with one attached hydrogen (secondary N) is 1. The highest BCUT2D eigenvalue weighted by Gasteiger charge is 2.29. The molecule has 2 aromatic carbocycles. The first-order valence-electron chi connectivity index (χ1n) is 9.20. The molecule has 0 saturated carbocycles. The van der Waals surface area contributed by atoms with Crippen LogP contribution < -0.4 is 14.4 Å². The molecule has 0 fully saturated rings. The Morgan fingerprint density at radius 3 is 2.39 bits per heavy atom. The summed E-state index contributed by atoms with van der Waals surface area (Å²) in [5.41, 5.74) is 1.59. The third-order valence-corrected chi connectivity index (χ3v) is 5.74. The Hall–Kier alpha value is -2.54. The summed E-state index contributed by atoms with van der Waals surface area (Å²) in [6.07, 6.45) is 2.69. The molecule has 7 heteroatoms. The molecular weight excluding hydrogens is 376 g/mol. The van der Waals surface area contributed by atoms with E-state index in [4.69, 9.17) is 4.74 Å². The predicted molar refractivity (Wildman–Crippen MR) is 112 cm³/mol. The molecule has 2 unspecified atom stereocenters. The van der Waals surface area contributed by atoms with E-state index in [1.54, 1.807) is 31.2 Å². The molecule has 0 heterocycles. The minimum Gasteiger partial charge on any atom is -0.497 e. The predicted octanol–water partition coefficient (Wildman–Crippen LogP) is 2.99. The molecule has 0 aliphatic carbocycles. The zero-order chi connectivity index (χ0) is 20.7. The Morgan fingerprint density at radius 2 is 1.79 bits per heavy atom. The van der Waals surface area contributed by atoms with Gasteiger partial charge >= 0.3 is 0 Å². The van der Waals surface area contributed by atoms with Crippen molar-refractivity contribution in [3.63, 3.8) is 0 Å². The van der Waals surface area contributed by atoms with Crippen LogP contribution in [0.5, 0.6) is 5.75 Å². The number of nitrogens with zero attached hydrogens (tertiary/aromatic N) is 1. The number of carbonyl (C=O) groups excluding carboxylic acids is 1. The molecule has 0 bridgehead atoms. The zero-order valence-electron chi connectivity index (χ0n) is 16.8. The van der Waals surface area contributed by atoms with Crippen molar-refractivity contribution >= 4 is 21.6 Å². The number of benzene rings is 2. The lowest BCUT2D eigenvalue weighted by Gasteiger charge is -2.29. The van der Waals surface area contributed by atoms with E-state index in [9.17, 15) is 13.2 Å². The highest BCUT2D eigenvalue weighted by atomic mass is 32.2. The maximum atomic E-state index is 12.7. The summed E-state index contributed by atoms with van der Waals surface area (Å²) in [6.45, 7) is 3.50. The summed E-state index contributed by atoms with van der Waals surface area (Å²) in [6, 6.07) is 15.7. The molecule has 0 aromatic heterocycles. The Morgan fingerprint density at radius 1 is 1.11 bits per heavy atom. The van der Waals surface area contributed by atoms with Gasteiger partial charge < -0.3 is 10.1 Å². The van der Waals surface area contributed by atoms with Gasteiger partial charge in [0.1, 0.15) is 11.8 Å². The second-order valence-corrected chi connectivity index (χ2v) is 8.73. The summed E-state index contributed by atoms with van der Waals surface area (Å²) in [4.78, 5) is 12.7. The van der Waals surface area contributed by atoms with E-state index in [1.807, 2.05) is 37.3 Å². The molecule has 28 heavy (non-hydrogen) atoms. The molecule has 0 radical (unpaired) electrons. The Bertz CT molecular complexity index is 884. The van der Waals surface area contributed by atoms with Crippen LogP contribution in [0.2, 0.25) is 0 Å². The van der Waals surface area contributed by atoms with Gasteiger partial charge in [-0.1, -0.05) is 36.4 Å². The van der Waals surface area contributed by atoms with Gasteiger partial charge in [0, 0.05) is 12.1 Å². The van der Waals surface area contributed by atoms with Gasteiger partial charge in [0.2, 0.25) is 15.9 Å². The van der Waals surface area contributed by atoms with Crippen molar-refractivity contribution in [3.05, 3.63) is 60.2 Å². The molecule has 0 aliphatic rings. The summed E-state index contributed by atoms with van der Waals surface area (Å²) in [5, 5.41) is 2.92. The van der Waals surface area contributed by atoms with Crippen LogP contribution in [0, 0.1) is 0 Å². The number of amides is 1. The zero-order valence-corrected chi connectivity index (χ0v) is 17.6. The van der Waals surface area contributed by atoms with Gasteiger partial charge in [-0.3, -0.25) is 9.10 Å². The van der Waals surface area contributed by atoms with E-state index < -0.39 is 16.1 Å². The number of hydrogen-bond acceptors (Lipinski definition) is 4. The van der Waals surface area contributed by atoms with Crippen LogP contribution in [0.1, 0.15) is 25.8 Å². The van der Waals surface area contributed by atoms with Crippen molar-refractivity contribution < 1.29 is 17.9 Å². The molecule has 6 nitrogen and oxygen atoms in total. The normalized spacial score (nSPS) is 13.4. The fraction of sp³-hybridized carbons (Fsp3) is 0.381. The van der Waals surface area contributed by atoms with Crippen molar-refractivity contribution in [2.75, 3.05) is 17.7 Å². The summed E-state index contributed by atoms with van der Waals surface area (Å²) < 4.78 is 31.1. The number of sulfonamides is 1. The van der Waals surface area contributed by atoms with Gasteiger partial charge in [0.05, 0.1) is 19.1 Å². The number of anilines is 1. The van der Waals surface area contributed by atoms with Crippen LogP contribution in [0.25, 0.3) is 0 Å². The van der Waals surface area contributed by atoms with Gasteiger partial charge in [-0.25, -0.2) is 8.42 Å². The first kappa shape index (κ1) is 21.8. The van der Waals surface area contributed by atoms with E-state index in [2.05, 4.69) is 5.32 Å². The molecule has 2 rings (SSSR count). The molecule has 0 saturated heterocycles. The topological polar surface area (TPSA) is 75.7 Å². The minimum atomic E-state index is -3.66. The van der Waals surface area contributed by atoms with Crippen LogP contribution in [0.3, 0.4) is 0 Å². The maximum Gasteiger partial charge on any atom is 0.243 e. The van der Waals surface area contributed by atoms with Crippen molar-refractivity contribution in [3.8, 4) is 5.75 Å². The summed E-state index contributed by atoms with van der Waals surface area (Å²) in [5.74, 6) is 0.184. The lowest BCUT2D eigenvalue weighted by molar-refractivity contribution is -0.122. The monoisotopic (exact) mass is 404 g/mol. The minimum absolute atomic E-state index is 0.0816. The smallest absolute Gasteiger partial charge is 0.243 e. The number of ether oxygens (including phenoxy) is 1. The Balaban J connectivity index is 2.08. The second-order valence-electron chi connectivity index (χ2n) is 6.87. The molecule has 2 aromatic rings. The van der Waals surface area contributed by atoms with E-state index in [0.29, 0.717) is 11.4 Å². The van der Waals surface area contributed by atoms with Gasteiger partial charge in [0.25, 0.3) is 0 Å². The molecule has 0 aliphatic heterocycles. The SMILES string of the molecule is COc1cccc(N(C(C)C(=O)NC(C)CCc2ccccc2)S(C)(=O)=O)c1. The van der Waals surface area contributed by atoms with E-state index in [0.717, 1.165) is 23.4 Å². The highest BCUT2D eigenvalue weighted by Crippen LogP contribution is 2.25. The van der Waals surface area contributed by atoms with Crippen LogP contribution in [-0.4, -0.2) is 39.8 Å².